The number of amidine groups is 1. The summed E-state index contributed by atoms with van der Waals surface area (Å²) in [5, 5.41) is 10.4. The molecule has 3 rings (SSSR count). The van der Waals surface area contributed by atoms with E-state index in [4.69, 9.17) is 5.73 Å². The Morgan fingerprint density at radius 2 is 2.00 bits per heavy atom. The molecule has 1 amide bonds. The zero-order valence-electron chi connectivity index (χ0n) is 11.2. The molecule has 0 saturated heterocycles. The van der Waals surface area contributed by atoms with Gasteiger partial charge in [-0.15, -0.1) is 0 Å². The average Bonchev–Trinajstić information content (AvgIpc) is 3.06. The van der Waals surface area contributed by atoms with Crippen molar-refractivity contribution >= 4 is 34.6 Å². The van der Waals surface area contributed by atoms with E-state index in [9.17, 15) is 14.9 Å². The Kier molecular flexibility index (Phi) is 3.51. The van der Waals surface area contributed by atoms with Crippen molar-refractivity contribution in [2.75, 3.05) is 0 Å². The number of non-ortho nitro benzene ring substituents is 1. The van der Waals surface area contributed by atoms with Crippen molar-refractivity contribution in [3.05, 3.63) is 63.3 Å². The fourth-order valence-corrected chi connectivity index (χ4v) is 2.70. The number of rotatable bonds is 3. The highest BCUT2D eigenvalue weighted by Crippen LogP contribution is 2.28. The summed E-state index contributed by atoms with van der Waals surface area (Å²) in [4.78, 5) is 25.7. The summed E-state index contributed by atoms with van der Waals surface area (Å²) in [6, 6.07) is 9.88. The minimum Gasteiger partial charge on any atom is -0.383 e. The summed E-state index contributed by atoms with van der Waals surface area (Å²) in [6.07, 6.45) is 3.58. The molecule has 1 aliphatic rings. The van der Waals surface area contributed by atoms with Gasteiger partial charge >= 0.3 is 5.24 Å². The molecule has 0 spiro atoms. The average molecular weight is 314 g/mol. The predicted octanol–water partition coefficient (Wildman–Crippen LogP) is 2.95. The molecule has 110 valence electrons. The number of nitrogens with two attached hydrogens (primary N) is 1. The van der Waals surface area contributed by atoms with Gasteiger partial charge in [-0.2, -0.15) is 4.99 Å². The van der Waals surface area contributed by atoms with Crippen molar-refractivity contribution < 1.29 is 9.72 Å². The van der Waals surface area contributed by atoms with E-state index < -0.39 is 4.92 Å². The summed E-state index contributed by atoms with van der Waals surface area (Å²) >= 11 is 0.973. The number of nitro groups is 1. The van der Waals surface area contributed by atoms with Crippen LogP contribution < -0.4 is 5.73 Å². The van der Waals surface area contributed by atoms with Crippen molar-refractivity contribution in [2.45, 2.75) is 0 Å². The van der Waals surface area contributed by atoms with Crippen LogP contribution >= 0.6 is 11.8 Å². The Morgan fingerprint density at radius 1 is 1.27 bits per heavy atom. The van der Waals surface area contributed by atoms with Gasteiger partial charge in [0.15, 0.2) is 0 Å². The third kappa shape index (κ3) is 2.63. The van der Waals surface area contributed by atoms with E-state index in [0.29, 0.717) is 4.91 Å². The highest BCUT2D eigenvalue weighted by molar-refractivity contribution is 8.18. The lowest BCUT2D eigenvalue weighted by atomic mass is 10.2. The van der Waals surface area contributed by atoms with Crippen LogP contribution in [0.25, 0.3) is 11.8 Å². The summed E-state index contributed by atoms with van der Waals surface area (Å²) in [5.74, 6) is 0.200. The van der Waals surface area contributed by atoms with E-state index in [1.807, 2.05) is 22.9 Å². The Balaban J connectivity index is 1.96. The molecule has 8 heteroatoms. The van der Waals surface area contributed by atoms with Crippen molar-refractivity contribution in [2.24, 2.45) is 10.7 Å². The molecule has 0 aliphatic carbocycles. The number of aliphatic imine (C=N–C) groups is 1. The van der Waals surface area contributed by atoms with Crippen LogP contribution in [0.15, 0.2) is 52.5 Å². The van der Waals surface area contributed by atoms with E-state index in [1.165, 1.54) is 12.1 Å². The van der Waals surface area contributed by atoms with Crippen LogP contribution in [0, 0.1) is 10.1 Å². The van der Waals surface area contributed by atoms with Gasteiger partial charge in [0, 0.05) is 29.7 Å². The Bertz CT molecular complexity index is 821. The highest BCUT2D eigenvalue weighted by Gasteiger charge is 2.19. The quantitative estimate of drug-likeness (QED) is 0.693. The molecular formula is C14H10N4O3S. The smallest absolute Gasteiger partial charge is 0.311 e. The van der Waals surface area contributed by atoms with Gasteiger partial charge in [-0.25, -0.2) is 0 Å². The first-order valence-corrected chi connectivity index (χ1v) is 7.06. The van der Waals surface area contributed by atoms with Gasteiger partial charge in [-0.3, -0.25) is 14.9 Å². The van der Waals surface area contributed by atoms with Crippen LogP contribution in [0.5, 0.6) is 0 Å². The van der Waals surface area contributed by atoms with Crippen molar-refractivity contribution in [3.8, 4) is 5.69 Å². The van der Waals surface area contributed by atoms with Crippen LogP contribution in [0.3, 0.4) is 0 Å². The van der Waals surface area contributed by atoms with Gasteiger partial charge in [0.05, 0.1) is 9.83 Å². The molecule has 2 N–H and O–H groups in total. The summed E-state index contributed by atoms with van der Waals surface area (Å²) in [7, 11) is 0. The molecule has 7 nitrogen and oxygen atoms in total. The number of benzene rings is 1. The number of hydrogen-bond donors (Lipinski definition) is 1. The van der Waals surface area contributed by atoms with Crippen LogP contribution in [0.1, 0.15) is 5.69 Å². The third-order valence-electron chi connectivity index (χ3n) is 3.06. The van der Waals surface area contributed by atoms with Crippen molar-refractivity contribution in [3.63, 3.8) is 0 Å². The summed E-state index contributed by atoms with van der Waals surface area (Å²) in [6.45, 7) is 0. The lowest BCUT2D eigenvalue weighted by molar-refractivity contribution is -0.384. The van der Waals surface area contributed by atoms with E-state index in [0.717, 1.165) is 23.1 Å². The molecule has 2 aromatic rings. The monoisotopic (exact) mass is 314 g/mol. The van der Waals surface area contributed by atoms with Crippen LogP contribution in [0.2, 0.25) is 0 Å². The maximum atomic E-state index is 11.2. The van der Waals surface area contributed by atoms with E-state index in [-0.39, 0.29) is 16.8 Å². The van der Waals surface area contributed by atoms with Crippen LogP contribution in [-0.2, 0) is 0 Å². The molecule has 0 fully saturated rings. The largest absolute Gasteiger partial charge is 0.383 e. The number of nitro benzene ring substituents is 1. The molecule has 2 heterocycles. The fourth-order valence-electron chi connectivity index (χ4n) is 2.04. The molecule has 1 aliphatic heterocycles. The topological polar surface area (TPSA) is 104 Å². The number of thioether (sulfide) groups is 1. The van der Waals surface area contributed by atoms with E-state index in [1.54, 1.807) is 18.2 Å². The van der Waals surface area contributed by atoms with Gasteiger partial charge in [0.25, 0.3) is 5.69 Å². The second-order valence-electron chi connectivity index (χ2n) is 4.45. The Morgan fingerprint density at radius 3 is 2.59 bits per heavy atom. The van der Waals surface area contributed by atoms with Crippen LogP contribution in [-0.4, -0.2) is 20.6 Å². The van der Waals surface area contributed by atoms with Crippen LogP contribution in [0.4, 0.5) is 10.5 Å². The van der Waals surface area contributed by atoms with Gasteiger partial charge in [0.1, 0.15) is 5.84 Å². The molecule has 0 atom stereocenters. The molecule has 1 aromatic heterocycles. The Hall–Kier alpha value is -2.87. The maximum absolute atomic E-state index is 11.2. The maximum Gasteiger partial charge on any atom is 0.311 e. The number of carbonyl (C=O) groups is 1. The number of carbonyl (C=O) groups excluding carboxylic acids is 1. The van der Waals surface area contributed by atoms with Crippen molar-refractivity contribution in [1.29, 1.82) is 0 Å². The van der Waals surface area contributed by atoms with Gasteiger partial charge in [-0.1, -0.05) is 0 Å². The lowest BCUT2D eigenvalue weighted by Gasteiger charge is -2.07. The third-order valence-corrected chi connectivity index (χ3v) is 3.87. The fraction of sp³-hybridized carbons (Fsp3) is 0. The molecule has 0 bridgehead atoms. The normalized spacial score (nSPS) is 16.1. The molecule has 22 heavy (non-hydrogen) atoms. The van der Waals surface area contributed by atoms with Gasteiger partial charge in [-0.05, 0) is 42.1 Å². The van der Waals surface area contributed by atoms with E-state index in [2.05, 4.69) is 4.99 Å². The SMILES string of the molecule is NC1=NC(=O)S/C1=C\c1cccn1-c1ccc([N+](=O)[O-])cc1. The molecule has 0 radical (unpaired) electrons. The second kappa shape index (κ2) is 5.49. The first-order chi connectivity index (χ1) is 10.5. The molecule has 0 saturated carbocycles. The number of amides is 1. The summed E-state index contributed by atoms with van der Waals surface area (Å²) in [5.41, 5.74) is 7.28. The zero-order valence-corrected chi connectivity index (χ0v) is 12.0. The zero-order chi connectivity index (χ0) is 15.7. The van der Waals surface area contributed by atoms with Gasteiger partial charge < -0.3 is 10.3 Å². The highest BCUT2D eigenvalue weighted by atomic mass is 32.2. The van der Waals surface area contributed by atoms with Gasteiger partial charge in [0.2, 0.25) is 0 Å². The second-order valence-corrected chi connectivity index (χ2v) is 5.44. The molecule has 0 unspecified atom stereocenters. The Labute approximate surface area is 129 Å². The number of aromatic nitrogens is 1. The lowest BCUT2D eigenvalue weighted by Crippen LogP contribution is -2.09. The van der Waals surface area contributed by atoms with Crippen molar-refractivity contribution in [1.82, 2.24) is 4.57 Å². The standard InChI is InChI=1S/C14H10N4O3S/c15-13-12(22-14(19)16-13)8-11-2-1-7-17(11)9-3-5-10(6-4-9)18(20)21/h1-8H,(H2,15,16,19)/b12-8-. The van der Waals surface area contributed by atoms with E-state index >= 15 is 0 Å². The summed E-state index contributed by atoms with van der Waals surface area (Å²) < 4.78 is 1.84. The number of hydrogen-bond acceptors (Lipinski definition) is 5. The first kappa shape index (κ1) is 14.1. The minimum absolute atomic E-state index is 0.0316. The predicted molar refractivity (Wildman–Crippen MR) is 85.0 cm³/mol. The minimum atomic E-state index is -0.444. The first-order valence-electron chi connectivity index (χ1n) is 6.25. The number of nitrogens with zero attached hydrogens (tertiary/aromatic N) is 3. The molecule has 1 aromatic carbocycles. The molecular weight excluding hydrogens is 304 g/mol.